The molecule has 4 aromatic heterocycles. The molecule has 12 rings (SSSR count). The fraction of sp³-hybridized carbons (Fsp3) is 0.365. The summed E-state index contributed by atoms with van der Waals surface area (Å²) in [6, 6.07) is 37.8. The van der Waals surface area contributed by atoms with Crippen molar-refractivity contribution < 1.29 is 41.2 Å². The summed E-state index contributed by atoms with van der Waals surface area (Å²) >= 11 is 21.3. The molecule has 0 radical (unpaired) electrons. The Balaban J connectivity index is 0.000000172. The maximum atomic E-state index is 12.7. The summed E-state index contributed by atoms with van der Waals surface area (Å²) < 4.78 is 79.6. The number of nitrogens with zero attached hydrogens (tertiary/aromatic N) is 11. The summed E-state index contributed by atoms with van der Waals surface area (Å²) in [7, 11) is -1.65. The molecular weight excluding hydrogens is 1600 g/mol. The molecule has 3 aliphatic heterocycles. The van der Waals surface area contributed by atoms with Gasteiger partial charge in [0.25, 0.3) is 0 Å². The average Bonchev–Trinajstić information content (AvgIpc) is 0.820. The number of methoxy groups -OCH3 is 3. The molecule has 9 aromatic rings. The predicted octanol–water partition coefficient (Wildman–Crippen LogP) is 14.9. The van der Waals surface area contributed by atoms with E-state index in [1.165, 1.54) is 70.3 Å². The van der Waals surface area contributed by atoms with Crippen LogP contribution in [0, 0.1) is 3.57 Å². The molecule has 6 N–H and O–H groups in total. The lowest BCUT2D eigenvalue weighted by Crippen LogP contribution is -2.52. The van der Waals surface area contributed by atoms with Crippen molar-refractivity contribution in [3.8, 4) is 23.1 Å². The molecule has 3 fully saturated rings. The van der Waals surface area contributed by atoms with Crippen LogP contribution in [0.25, 0.3) is 0 Å². The van der Waals surface area contributed by atoms with E-state index in [0.717, 1.165) is 84.1 Å². The van der Waals surface area contributed by atoms with Gasteiger partial charge in [-0.3, -0.25) is 9.80 Å². The van der Waals surface area contributed by atoms with E-state index >= 15 is 0 Å². The Labute approximate surface area is 655 Å². The lowest BCUT2D eigenvalue weighted by molar-refractivity contribution is 0.0358. The molecule has 0 bridgehead atoms. The fourth-order valence-corrected chi connectivity index (χ4v) is 15.8. The zero-order valence-corrected chi connectivity index (χ0v) is 68.5. The van der Waals surface area contributed by atoms with Gasteiger partial charge in [0.1, 0.15) is 57.7 Å². The van der Waals surface area contributed by atoms with Crippen LogP contribution >= 0.6 is 71.7 Å². The van der Waals surface area contributed by atoms with Crippen LogP contribution in [-0.4, -0.2) is 203 Å². The van der Waals surface area contributed by atoms with Crippen molar-refractivity contribution in [2.24, 2.45) is 0 Å². The van der Waals surface area contributed by atoms with Gasteiger partial charge in [-0.15, -0.1) is 0 Å². The standard InChI is InChI=1S/C27H33ClIN7O.C26H33ClN5O4P.C21H25ClN5O4PS/c1-34-13-15-36(16-14-34)19-9-11-35(12-10-19)20-7-8-24(25(17-20)37-2)32-27-30-18-21(28)26(33-27)31-23-6-4-3-5-22(23)29;1-34-23-17-19(36-14-6-11-32-12-15-35-16-13-32)9-10-21(23)30-26-28-18-20(27)25(31-26)29-22-7-4-5-8-24(22)37(2,3)33;1-13(2)33(29,30)17-9-7-6-8-15(17)24-19-14(22)12-23-21(27-19)25-16-10-11-18(32(4,5)28)26-20(16)31-3/h3-8,17-19H,9-16H2,1-2H3,(H2,30,31,32,33);4-5,7-10,17-18H,6,11-16H2,1-3H3,(H2,28,29,30,31);6-13H,1-5H3,(H2,23,24,25,27). The molecule has 0 aliphatic carbocycles. The van der Waals surface area contributed by atoms with Gasteiger partial charge in [-0.05, 0) is 162 Å². The molecule has 26 nitrogen and oxygen atoms in total. The van der Waals surface area contributed by atoms with E-state index in [9.17, 15) is 17.5 Å². The van der Waals surface area contributed by atoms with Crippen molar-refractivity contribution in [3.63, 3.8) is 0 Å². The number of hydrogen-bond acceptors (Lipinski definition) is 26. The van der Waals surface area contributed by atoms with E-state index in [0.29, 0.717) is 80.2 Å². The van der Waals surface area contributed by atoms with Crippen LogP contribution in [0.5, 0.6) is 23.1 Å². The topological polar surface area (TPSA) is 290 Å². The van der Waals surface area contributed by atoms with Gasteiger partial charge < -0.3 is 74.5 Å². The van der Waals surface area contributed by atoms with Crippen LogP contribution in [0.1, 0.15) is 33.1 Å². The number of benzene rings is 5. The molecule has 3 aliphatic rings. The Morgan fingerprint density at radius 1 is 0.570 bits per heavy atom. The van der Waals surface area contributed by atoms with Gasteiger partial charge in [0.15, 0.2) is 27.3 Å². The summed E-state index contributed by atoms with van der Waals surface area (Å²) in [5.74, 6) is 4.43. The summed E-state index contributed by atoms with van der Waals surface area (Å²) in [5, 5.41) is 20.1. The molecular formula is C74H91Cl3IN17O9P2S. The van der Waals surface area contributed by atoms with Crippen LogP contribution in [0.3, 0.4) is 0 Å². The number of aromatic nitrogens is 7. The van der Waals surface area contributed by atoms with Gasteiger partial charge in [-0.2, -0.15) is 15.0 Å². The Morgan fingerprint density at radius 2 is 1.08 bits per heavy atom. The highest BCUT2D eigenvalue weighted by Gasteiger charge is 2.29. The third-order valence-electron chi connectivity index (χ3n) is 17.7. The van der Waals surface area contributed by atoms with Crippen LogP contribution in [0.2, 0.25) is 15.1 Å². The molecule has 0 amide bonds. The minimum atomic E-state index is -3.54. The summed E-state index contributed by atoms with van der Waals surface area (Å²) in [6.07, 6.45) is 7.82. The zero-order valence-electron chi connectivity index (χ0n) is 61.4. The Hall–Kier alpha value is -7.86. The normalized spacial score (nSPS) is 14.7. The van der Waals surface area contributed by atoms with Crippen LogP contribution in [-0.2, 0) is 23.7 Å². The van der Waals surface area contributed by atoms with Crippen molar-refractivity contribution in [2.45, 2.75) is 49.3 Å². The van der Waals surface area contributed by atoms with Crippen molar-refractivity contribution in [3.05, 3.63) is 159 Å². The highest BCUT2D eigenvalue weighted by molar-refractivity contribution is 14.1. The lowest BCUT2D eigenvalue weighted by atomic mass is 10.0. The number of para-hydroxylation sites is 3. The number of piperazine rings is 1. The highest BCUT2D eigenvalue weighted by atomic mass is 127. The zero-order chi connectivity index (χ0) is 76.4. The summed E-state index contributed by atoms with van der Waals surface area (Å²) in [4.78, 5) is 40.8. The molecule has 0 atom stereocenters. The SMILES string of the molecule is COc1cc(N2CCC(N3CCN(C)CC3)CC2)ccc1Nc1ncc(Cl)c(Nc2ccccc2I)n1.COc1cc(OCCCN2CCOCC2)ccc1Nc1ncc(Cl)c(Nc2ccccc2P(C)(C)=O)n1.COc1nc(P(C)(C)=O)ccc1Nc1ncc(Cl)c(Nc2ccccc2S(=O)(=O)C(C)C)n1. The van der Waals surface area contributed by atoms with E-state index in [-0.39, 0.29) is 27.6 Å². The van der Waals surface area contributed by atoms with Crippen molar-refractivity contribution in [2.75, 3.05) is 171 Å². The molecule has 33 heteroatoms. The molecule has 5 aromatic carbocycles. The first-order chi connectivity index (χ1) is 51.3. The number of likely N-dealkylation sites (N-methyl/N-ethyl adjacent to an activating group) is 1. The van der Waals surface area contributed by atoms with E-state index in [1.807, 2.05) is 72.8 Å². The van der Waals surface area contributed by atoms with E-state index in [1.54, 1.807) is 91.3 Å². The van der Waals surface area contributed by atoms with Crippen LogP contribution in [0.4, 0.5) is 75.1 Å². The van der Waals surface area contributed by atoms with Gasteiger partial charge in [0.2, 0.25) is 23.7 Å². The molecule has 3 saturated heterocycles. The van der Waals surface area contributed by atoms with Crippen molar-refractivity contribution in [1.82, 2.24) is 49.6 Å². The third-order valence-corrected chi connectivity index (χ3v) is 24.6. The quantitative estimate of drug-likeness (QED) is 0.0167. The first kappa shape index (κ1) is 81.7. The Kier molecular flexibility index (Phi) is 29.0. The molecule has 0 spiro atoms. The Morgan fingerprint density at radius 3 is 1.64 bits per heavy atom. The minimum Gasteiger partial charge on any atom is -0.494 e. The van der Waals surface area contributed by atoms with Crippen LogP contribution < -0.4 is 66.5 Å². The summed E-state index contributed by atoms with van der Waals surface area (Å²) in [5.41, 5.74) is 5.55. The predicted molar refractivity (Wildman–Crippen MR) is 442 cm³/mol. The maximum absolute atomic E-state index is 12.7. The largest absolute Gasteiger partial charge is 0.494 e. The Bertz CT molecular complexity index is 4720. The second-order valence-corrected chi connectivity index (χ2v) is 37.6. The first-order valence-electron chi connectivity index (χ1n) is 34.8. The van der Waals surface area contributed by atoms with Crippen LogP contribution in [0.15, 0.2) is 145 Å². The average molecular weight is 1690 g/mol. The molecule has 107 heavy (non-hydrogen) atoms. The van der Waals surface area contributed by atoms with Gasteiger partial charge in [0, 0.05) is 91.6 Å². The van der Waals surface area contributed by atoms with E-state index in [2.05, 4.69) is 128 Å². The van der Waals surface area contributed by atoms with E-state index < -0.39 is 29.4 Å². The van der Waals surface area contributed by atoms with Gasteiger partial charge in [-0.25, -0.2) is 28.4 Å². The monoisotopic (exact) mass is 1690 g/mol. The lowest BCUT2D eigenvalue weighted by Gasteiger charge is -2.42. The smallest absolute Gasteiger partial charge is 0.238 e. The number of halogens is 4. The number of ether oxygens (including phenoxy) is 5. The second-order valence-electron chi connectivity index (χ2n) is 26.4. The maximum Gasteiger partial charge on any atom is 0.238 e. The van der Waals surface area contributed by atoms with E-state index in [4.69, 9.17) is 58.5 Å². The number of morpholine rings is 1. The van der Waals surface area contributed by atoms with Gasteiger partial charge in [-0.1, -0.05) is 71.2 Å². The minimum absolute atomic E-state index is 0.147. The molecule has 0 unspecified atom stereocenters. The number of rotatable bonds is 26. The molecule has 570 valence electrons. The number of nitrogens with one attached hydrogen (secondary N) is 6. The fourth-order valence-electron chi connectivity index (χ4n) is 11.8. The third kappa shape index (κ3) is 22.6. The number of piperidine rings is 1. The van der Waals surface area contributed by atoms with Gasteiger partial charge >= 0.3 is 0 Å². The van der Waals surface area contributed by atoms with Gasteiger partial charge in [0.05, 0.1) is 98.3 Å². The summed E-state index contributed by atoms with van der Waals surface area (Å²) in [6.45, 7) is 21.9. The van der Waals surface area contributed by atoms with Crippen molar-refractivity contribution >= 4 is 167 Å². The number of pyridine rings is 1. The molecule has 0 saturated carbocycles. The van der Waals surface area contributed by atoms with Crippen molar-refractivity contribution in [1.29, 1.82) is 0 Å². The highest BCUT2D eigenvalue weighted by Crippen LogP contribution is 2.41. The number of hydrogen-bond donors (Lipinski definition) is 6. The number of sulfone groups is 1. The molecule has 7 heterocycles. The second kappa shape index (κ2) is 38.0. The first-order valence-corrected chi connectivity index (χ1v) is 43.7. The number of anilines is 13.